The minimum absolute atomic E-state index is 0.163. The Balaban J connectivity index is 2.01. The topological polar surface area (TPSA) is 84.1 Å². The minimum Gasteiger partial charge on any atom is -0.393 e. The summed E-state index contributed by atoms with van der Waals surface area (Å²) in [6.07, 6.45) is 4.69. The van der Waals surface area contributed by atoms with Gasteiger partial charge >= 0.3 is 0 Å². The summed E-state index contributed by atoms with van der Waals surface area (Å²) in [5.74, 6) is 0.585. The lowest BCUT2D eigenvalue weighted by atomic mass is 9.93. The van der Waals surface area contributed by atoms with Gasteiger partial charge in [-0.25, -0.2) is 9.97 Å². The Morgan fingerprint density at radius 1 is 1.31 bits per heavy atom. The number of aromatic nitrogens is 2. The average Bonchev–Trinajstić information content (AvgIpc) is 2.28. The number of nitrogens with zero attached hydrogens (tertiary/aromatic N) is 2. The van der Waals surface area contributed by atoms with E-state index in [1.165, 1.54) is 6.33 Å². The van der Waals surface area contributed by atoms with Crippen molar-refractivity contribution in [2.45, 2.75) is 37.8 Å². The molecule has 1 aliphatic rings. The van der Waals surface area contributed by atoms with Gasteiger partial charge in [0.1, 0.15) is 12.0 Å². The van der Waals surface area contributed by atoms with E-state index in [1.807, 2.05) is 0 Å². The predicted molar refractivity (Wildman–Crippen MR) is 63.3 cm³/mol. The summed E-state index contributed by atoms with van der Waals surface area (Å²) in [5, 5.41) is 12.9. The molecule has 4 N–H and O–H groups in total. The number of aliphatic hydroxyl groups is 1. The SMILES string of the molecule is Nc1c(Cl)ncnc1NC1CCC(O)CC1. The second-order valence-corrected chi connectivity index (χ2v) is 4.43. The molecule has 0 spiro atoms. The van der Waals surface area contributed by atoms with Crippen LogP contribution in [0.1, 0.15) is 25.7 Å². The van der Waals surface area contributed by atoms with Crippen molar-refractivity contribution in [3.05, 3.63) is 11.5 Å². The molecule has 0 atom stereocenters. The van der Waals surface area contributed by atoms with Gasteiger partial charge in [-0.15, -0.1) is 0 Å². The number of anilines is 2. The van der Waals surface area contributed by atoms with E-state index >= 15 is 0 Å². The van der Waals surface area contributed by atoms with E-state index in [-0.39, 0.29) is 11.3 Å². The molecule has 1 heterocycles. The predicted octanol–water partition coefficient (Wildman–Crippen LogP) is 1.43. The van der Waals surface area contributed by atoms with Crippen molar-refractivity contribution in [2.75, 3.05) is 11.1 Å². The van der Waals surface area contributed by atoms with Crippen LogP contribution in [0.4, 0.5) is 11.5 Å². The van der Waals surface area contributed by atoms with Gasteiger partial charge in [0.05, 0.1) is 6.10 Å². The Morgan fingerprint density at radius 2 is 2.00 bits per heavy atom. The zero-order chi connectivity index (χ0) is 11.5. The van der Waals surface area contributed by atoms with Gasteiger partial charge in [0.25, 0.3) is 0 Å². The first-order chi connectivity index (χ1) is 7.66. The summed E-state index contributed by atoms with van der Waals surface area (Å²) in [5.41, 5.74) is 6.14. The third-order valence-electron chi connectivity index (χ3n) is 2.87. The second-order valence-electron chi connectivity index (χ2n) is 4.08. The summed E-state index contributed by atoms with van der Waals surface area (Å²) in [4.78, 5) is 7.85. The molecule has 2 rings (SSSR count). The number of halogens is 1. The number of aliphatic hydroxyl groups excluding tert-OH is 1. The Morgan fingerprint density at radius 3 is 2.69 bits per heavy atom. The van der Waals surface area contributed by atoms with Crippen LogP contribution >= 0.6 is 11.6 Å². The largest absolute Gasteiger partial charge is 0.393 e. The van der Waals surface area contributed by atoms with Crippen LogP contribution in [0.15, 0.2) is 6.33 Å². The number of hydrogen-bond acceptors (Lipinski definition) is 5. The smallest absolute Gasteiger partial charge is 0.157 e. The lowest BCUT2D eigenvalue weighted by Gasteiger charge is -2.26. The highest BCUT2D eigenvalue weighted by Gasteiger charge is 2.20. The lowest BCUT2D eigenvalue weighted by molar-refractivity contribution is 0.126. The summed E-state index contributed by atoms with van der Waals surface area (Å²) < 4.78 is 0. The minimum atomic E-state index is -0.163. The molecule has 0 aromatic carbocycles. The summed E-state index contributed by atoms with van der Waals surface area (Å²) in [6, 6.07) is 0.302. The van der Waals surface area contributed by atoms with Gasteiger partial charge in [-0.2, -0.15) is 0 Å². The van der Waals surface area contributed by atoms with Crippen molar-refractivity contribution in [2.24, 2.45) is 0 Å². The molecule has 1 fully saturated rings. The van der Waals surface area contributed by atoms with Gasteiger partial charge in [-0.3, -0.25) is 0 Å². The van der Waals surface area contributed by atoms with Crippen molar-refractivity contribution in [3.63, 3.8) is 0 Å². The zero-order valence-electron chi connectivity index (χ0n) is 8.86. The van der Waals surface area contributed by atoms with Gasteiger partial charge in [-0.1, -0.05) is 11.6 Å². The molecule has 0 amide bonds. The molecule has 5 nitrogen and oxygen atoms in total. The van der Waals surface area contributed by atoms with Crippen molar-refractivity contribution < 1.29 is 5.11 Å². The first-order valence-corrected chi connectivity index (χ1v) is 5.75. The standard InChI is InChI=1S/C10H15ClN4O/c11-9-8(12)10(14-5-13-9)15-6-1-3-7(16)4-2-6/h5-7,16H,1-4,12H2,(H,13,14,15). The molecule has 0 unspecified atom stereocenters. The summed E-state index contributed by atoms with van der Waals surface area (Å²) in [7, 11) is 0. The first kappa shape index (κ1) is 11.4. The Hall–Kier alpha value is -1.07. The Kier molecular flexibility index (Phi) is 3.46. The van der Waals surface area contributed by atoms with Crippen molar-refractivity contribution in [3.8, 4) is 0 Å². The van der Waals surface area contributed by atoms with E-state index in [0.717, 1.165) is 25.7 Å². The monoisotopic (exact) mass is 242 g/mol. The third kappa shape index (κ3) is 2.54. The van der Waals surface area contributed by atoms with Gasteiger partial charge < -0.3 is 16.2 Å². The number of nitrogens with one attached hydrogen (secondary N) is 1. The highest BCUT2D eigenvalue weighted by molar-refractivity contribution is 6.32. The molecule has 1 aromatic rings. The molecule has 0 aliphatic heterocycles. The van der Waals surface area contributed by atoms with E-state index < -0.39 is 0 Å². The summed E-state index contributed by atoms with van der Waals surface area (Å²) >= 11 is 5.80. The number of hydrogen-bond donors (Lipinski definition) is 3. The molecule has 0 radical (unpaired) electrons. The van der Waals surface area contributed by atoms with Crippen LogP contribution in [0.2, 0.25) is 5.15 Å². The van der Waals surface area contributed by atoms with E-state index in [1.54, 1.807) is 0 Å². The molecule has 0 saturated heterocycles. The molecular formula is C10H15ClN4O. The fraction of sp³-hybridized carbons (Fsp3) is 0.600. The lowest BCUT2D eigenvalue weighted by Crippen LogP contribution is -2.28. The van der Waals surface area contributed by atoms with Crippen LogP contribution in [0, 0.1) is 0 Å². The van der Waals surface area contributed by atoms with Crippen LogP contribution in [0.5, 0.6) is 0 Å². The van der Waals surface area contributed by atoms with Crippen LogP contribution in [0.3, 0.4) is 0 Å². The highest BCUT2D eigenvalue weighted by atomic mass is 35.5. The van der Waals surface area contributed by atoms with Crippen LogP contribution in [-0.2, 0) is 0 Å². The fourth-order valence-electron chi connectivity index (χ4n) is 1.90. The van der Waals surface area contributed by atoms with E-state index in [4.69, 9.17) is 17.3 Å². The Labute approximate surface area is 99.0 Å². The fourth-order valence-corrected chi connectivity index (χ4v) is 2.04. The van der Waals surface area contributed by atoms with E-state index in [9.17, 15) is 5.11 Å². The normalized spacial score (nSPS) is 25.4. The van der Waals surface area contributed by atoms with Gasteiger partial charge in [0, 0.05) is 6.04 Å². The van der Waals surface area contributed by atoms with Crippen LogP contribution < -0.4 is 11.1 Å². The molecular weight excluding hydrogens is 228 g/mol. The molecule has 0 bridgehead atoms. The van der Waals surface area contributed by atoms with E-state index in [2.05, 4.69) is 15.3 Å². The molecule has 6 heteroatoms. The zero-order valence-corrected chi connectivity index (χ0v) is 9.61. The molecule has 1 aliphatic carbocycles. The summed E-state index contributed by atoms with van der Waals surface area (Å²) in [6.45, 7) is 0. The van der Waals surface area contributed by atoms with Gasteiger partial charge in [0.15, 0.2) is 11.0 Å². The second kappa shape index (κ2) is 4.84. The maximum Gasteiger partial charge on any atom is 0.157 e. The number of nitrogens with two attached hydrogens (primary N) is 1. The Bertz CT molecular complexity index is 366. The van der Waals surface area contributed by atoms with Gasteiger partial charge in [-0.05, 0) is 25.7 Å². The molecule has 88 valence electrons. The van der Waals surface area contributed by atoms with Crippen molar-refractivity contribution >= 4 is 23.1 Å². The number of nitrogen functional groups attached to an aromatic ring is 1. The third-order valence-corrected chi connectivity index (χ3v) is 3.17. The maximum absolute atomic E-state index is 9.39. The van der Waals surface area contributed by atoms with E-state index in [0.29, 0.717) is 17.5 Å². The van der Waals surface area contributed by atoms with Gasteiger partial charge in [0.2, 0.25) is 0 Å². The van der Waals surface area contributed by atoms with Crippen LogP contribution in [-0.4, -0.2) is 27.2 Å². The van der Waals surface area contributed by atoms with Crippen LogP contribution in [0.25, 0.3) is 0 Å². The molecule has 1 saturated carbocycles. The first-order valence-electron chi connectivity index (χ1n) is 5.37. The average molecular weight is 243 g/mol. The number of rotatable bonds is 2. The molecule has 1 aromatic heterocycles. The molecule has 16 heavy (non-hydrogen) atoms. The highest BCUT2D eigenvalue weighted by Crippen LogP contribution is 2.26. The maximum atomic E-state index is 9.39. The van der Waals surface area contributed by atoms with Crippen molar-refractivity contribution in [1.82, 2.24) is 9.97 Å². The van der Waals surface area contributed by atoms with Crippen molar-refractivity contribution in [1.29, 1.82) is 0 Å². The quantitative estimate of drug-likeness (QED) is 0.684.